The molecule has 308 valence electrons. The molecule has 0 aliphatic heterocycles. The molecule has 0 unspecified atom stereocenters. The van der Waals surface area contributed by atoms with E-state index in [0.29, 0.717) is 35.1 Å². The molecule has 0 spiro atoms. The van der Waals surface area contributed by atoms with Gasteiger partial charge >= 0.3 is 0 Å². The van der Waals surface area contributed by atoms with Gasteiger partial charge in [-0.15, -0.1) is 0 Å². The molecule has 0 fully saturated rings. The van der Waals surface area contributed by atoms with Crippen molar-refractivity contribution < 1.29 is 0 Å². The molecule has 0 saturated carbocycles. The van der Waals surface area contributed by atoms with Gasteiger partial charge in [-0.2, -0.15) is 9.97 Å². The second-order valence-electron chi connectivity index (χ2n) is 16.1. The predicted molar refractivity (Wildman–Crippen MR) is 264 cm³/mol. The van der Waals surface area contributed by atoms with Crippen LogP contribution in [0.4, 0.5) is 0 Å². The first kappa shape index (κ1) is 37.4. The standard InChI is InChI=1S/C57H35N9/c1-4-18-37(19-5-1)52-60-55(62-56(61-52)44-29-16-24-36-25-17-35-58-50(36)44)43-28-12-15-32-47(43)65-46-31-14-11-27-42(46)49-48(65)34-33-41-40-26-10-13-30-45(40)66(51(41)49)57-63-53(38-20-6-2-7-21-38)59-54(64-57)39-22-8-3-9-23-39/h1-35H. The average Bonchev–Trinajstić information content (AvgIpc) is 3.92. The first-order valence-corrected chi connectivity index (χ1v) is 21.8. The van der Waals surface area contributed by atoms with E-state index in [0.717, 1.165) is 88.0 Å². The number of hydrogen-bond donors (Lipinski definition) is 0. The molecule has 8 aromatic carbocycles. The molecule has 9 nitrogen and oxygen atoms in total. The van der Waals surface area contributed by atoms with Crippen LogP contribution in [-0.4, -0.2) is 44.0 Å². The average molecular weight is 846 g/mol. The molecule has 0 amide bonds. The summed E-state index contributed by atoms with van der Waals surface area (Å²) in [5, 5.41) is 5.36. The molecule has 0 aliphatic rings. The van der Waals surface area contributed by atoms with Crippen LogP contribution in [0.1, 0.15) is 0 Å². The fourth-order valence-electron chi connectivity index (χ4n) is 9.35. The Balaban J connectivity index is 1.10. The first-order chi connectivity index (χ1) is 32.7. The molecule has 66 heavy (non-hydrogen) atoms. The number of fused-ring (bicyclic) bond motifs is 8. The Labute approximate surface area is 378 Å². The summed E-state index contributed by atoms with van der Waals surface area (Å²) in [5.41, 5.74) is 10.2. The minimum absolute atomic E-state index is 0.535. The van der Waals surface area contributed by atoms with E-state index in [2.05, 4.69) is 100 Å². The second kappa shape index (κ2) is 15.3. The van der Waals surface area contributed by atoms with Crippen molar-refractivity contribution in [2.75, 3.05) is 0 Å². The van der Waals surface area contributed by atoms with E-state index in [9.17, 15) is 0 Å². The van der Waals surface area contributed by atoms with Crippen LogP contribution in [0.3, 0.4) is 0 Å². The minimum atomic E-state index is 0.535. The lowest BCUT2D eigenvalue weighted by Gasteiger charge is -2.15. The van der Waals surface area contributed by atoms with Crippen molar-refractivity contribution >= 4 is 54.5 Å². The molecular weight excluding hydrogens is 811 g/mol. The summed E-state index contributed by atoms with van der Waals surface area (Å²) in [7, 11) is 0. The Bertz CT molecular complexity index is 3930. The van der Waals surface area contributed by atoms with E-state index >= 15 is 0 Å². The highest BCUT2D eigenvalue weighted by Gasteiger charge is 2.25. The molecular formula is C57H35N9. The number of nitrogens with zero attached hydrogens (tertiary/aromatic N) is 9. The van der Waals surface area contributed by atoms with Crippen LogP contribution in [-0.2, 0) is 0 Å². The fraction of sp³-hybridized carbons (Fsp3) is 0. The highest BCUT2D eigenvalue weighted by Crippen LogP contribution is 2.43. The van der Waals surface area contributed by atoms with Crippen molar-refractivity contribution in [1.82, 2.24) is 44.0 Å². The normalized spacial score (nSPS) is 11.6. The summed E-state index contributed by atoms with van der Waals surface area (Å²) in [6.45, 7) is 0. The van der Waals surface area contributed by atoms with Gasteiger partial charge in [0.05, 0.1) is 33.3 Å². The van der Waals surface area contributed by atoms with Crippen LogP contribution >= 0.6 is 0 Å². The van der Waals surface area contributed by atoms with E-state index in [1.807, 2.05) is 121 Å². The third kappa shape index (κ3) is 6.06. The van der Waals surface area contributed by atoms with Crippen LogP contribution < -0.4 is 0 Å². The van der Waals surface area contributed by atoms with Gasteiger partial charge in [0.15, 0.2) is 29.1 Å². The van der Waals surface area contributed by atoms with E-state index in [1.54, 1.807) is 0 Å². The number of para-hydroxylation sites is 4. The molecule has 13 rings (SSSR count). The summed E-state index contributed by atoms with van der Waals surface area (Å²) in [4.78, 5) is 36.0. The maximum atomic E-state index is 5.28. The Hall–Kier alpha value is -9.21. The van der Waals surface area contributed by atoms with E-state index in [1.165, 1.54) is 0 Å². The van der Waals surface area contributed by atoms with Gasteiger partial charge in [0.2, 0.25) is 5.95 Å². The quantitative estimate of drug-likeness (QED) is 0.157. The summed E-state index contributed by atoms with van der Waals surface area (Å²) in [6.07, 6.45) is 1.81. The third-order valence-corrected chi connectivity index (χ3v) is 12.3. The largest absolute Gasteiger partial charge is 0.308 e. The van der Waals surface area contributed by atoms with Crippen molar-refractivity contribution in [3.05, 3.63) is 212 Å². The molecule has 9 heteroatoms. The number of aromatic nitrogens is 9. The molecule has 0 bridgehead atoms. The molecule has 13 aromatic rings. The topological polar surface area (TPSA) is 100 Å². The lowest BCUT2D eigenvalue weighted by atomic mass is 10.1. The van der Waals surface area contributed by atoms with Crippen LogP contribution in [0.25, 0.3) is 123 Å². The van der Waals surface area contributed by atoms with Gasteiger partial charge in [0.1, 0.15) is 0 Å². The Morgan fingerprint density at radius 2 is 0.833 bits per heavy atom. The van der Waals surface area contributed by atoms with Crippen molar-refractivity contribution in [3.8, 4) is 68.6 Å². The zero-order valence-corrected chi connectivity index (χ0v) is 35.2. The van der Waals surface area contributed by atoms with Gasteiger partial charge in [-0.05, 0) is 42.5 Å². The minimum Gasteiger partial charge on any atom is -0.308 e. The SMILES string of the molecule is c1ccc(-c2nc(-c3ccccc3-n3c4ccccc4c4c3ccc3c5ccccc5n(-c5nc(-c6ccccc6)nc(-c6ccccc6)n5)c34)nc(-c3cccc4cccnc34)n2)cc1. The van der Waals surface area contributed by atoms with E-state index < -0.39 is 0 Å². The molecule has 5 heterocycles. The molecule has 0 atom stereocenters. The number of hydrogen-bond acceptors (Lipinski definition) is 7. The van der Waals surface area contributed by atoms with Crippen molar-refractivity contribution in [2.45, 2.75) is 0 Å². The Morgan fingerprint density at radius 1 is 0.318 bits per heavy atom. The van der Waals surface area contributed by atoms with Gasteiger partial charge in [-0.25, -0.2) is 19.9 Å². The highest BCUT2D eigenvalue weighted by atomic mass is 15.2. The highest BCUT2D eigenvalue weighted by molar-refractivity contribution is 6.26. The lowest BCUT2D eigenvalue weighted by molar-refractivity contribution is 0.955. The van der Waals surface area contributed by atoms with Crippen LogP contribution in [0.15, 0.2) is 212 Å². The zero-order valence-electron chi connectivity index (χ0n) is 35.2. The molecule has 5 aromatic heterocycles. The van der Waals surface area contributed by atoms with E-state index in [4.69, 9.17) is 34.9 Å². The number of benzene rings is 8. The Morgan fingerprint density at radius 3 is 1.53 bits per heavy atom. The molecule has 0 radical (unpaired) electrons. The van der Waals surface area contributed by atoms with Gasteiger partial charge in [0, 0.05) is 60.9 Å². The van der Waals surface area contributed by atoms with E-state index in [-0.39, 0.29) is 0 Å². The lowest BCUT2D eigenvalue weighted by Crippen LogP contribution is -2.06. The van der Waals surface area contributed by atoms with Gasteiger partial charge in [-0.1, -0.05) is 164 Å². The van der Waals surface area contributed by atoms with Gasteiger partial charge in [0.25, 0.3) is 0 Å². The number of pyridine rings is 1. The maximum Gasteiger partial charge on any atom is 0.238 e. The summed E-state index contributed by atoms with van der Waals surface area (Å²) in [6, 6.07) is 70.4. The van der Waals surface area contributed by atoms with Crippen molar-refractivity contribution in [3.63, 3.8) is 0 Å². The van der Waals surface area contributed by atoms with Crippen molar-refractivity contribution in [1.29, 1.82) is 0 Å². The molecule has 0 saturated heterocycles. The van der Waals surface area contributed by atoms with Crippen molar-refractivity contribution in [2.24, 2.45) is 0 Å². The zero-order chi connectivity index (χ0) is 43.6. The van der Waals surface area contributed by atoms with Gasteiger partial charge in [-0.3, -0.25) is 9.55 Å². The maximum absolute atomic E-state index is 5.28. The fourth-order valence-corrected chi connectivity index (χ4v) is 9.35. The van der Waals surface area contributed by atoms with Crippen LogP contribution in [0, 0.1) is 0 Å². The Kier molecular flexibility index (Phi) is 8.63. The summed E-state index contributed by atoms with van der Waals surface area (Å²) < 4.78 is 4.56. The summed E-state index contributed by atoms with van der Waals surface area (Å²) in [5.74, 6) is 3.41. The predicted octanol–water partition coefficient (Wildman–Crippen LogP) is 13.1. The third-order valence-electron chi connectivity index (χ3n) is 12.3. The smallest absolute Gasteiger partial charge is 0.238 e. The van der Waals surface area contributed by atoms with Gasteiger partial charge < -0.3 is 4.57 Å². The first-order valence-electron chi connectivity index (χ1n) is 21.8. The molecule has 0 aliphatic carbocycles. The van der Waals surface area contributed by atoms with Crippen LogP contribution in [0.5, 0.6) is 0 Å². The molecule has 0 N–H and O–H groups in total. The monoisotopic (exact) mass is 845 g/mol. The second-order valence-corrected chi connectivity index (χ2v) is 16.1. The summed E-state index contributed by atoms with van der Waals surface area (Å²) >= 11 is 0. The number of rotatable bonds is 7. The van der Waals surface area contributed by atoms with Crippen LogP contribution in [0.2, 0.25) is 0 Å².